The van der Waals surface area contributed by atoms with E-state index in [2.05, 4.69) is 24.4 Å². The van der Waals surface area contributed by atoms with E-state index in [0.717, 1.165) is 19.3 Å². The highest BCUT2D eigenvalue weighted by atomic mass is 16.3. The fourth-order valence-electron chi connectivity index (χ4n) is 1.98. The Kier molecular flexibility index (Phi) is 6.33. The largest absolute Gasteiger partial charge is 0.394 e. The molecule has 0 aliphatic carbocycles. The number of hydrogen-bond acceptors (Lipinski definition) is 3. The van der Waals surface area contributed by atoms with E-state index in [0.29, 0.717) is 0 Å². The second-order valence-electron chi connectivity index (χ2n) is 5.13. The lowest BCUT2D eigenvalue weighted by molar-refractivity contribution is 0.0923. The first kappa shape index (κ1) is 15.2. The van der Waals surface area contributed by atoms with Crippen molar-refractivity contribution in [3.63, 3.8) is 0 Å². The zero-order chi connectivity index (χ0) is 13.4. The minimum atomic E-state index is -0.631. The van der Waals surface area contributed by atoms with Crippen LogP contribution in [0.5, 0.6) is 0 Å². The summed E-state index contributed by atoms with van der Waals surface area (Å²) in [6, 6.07) is 10.4. The maximum atomic E-state index is 9.38. The SMILES string of the molecule is CCCCC(NC(C)(CO)CO)c1ccccc1. The van der Waals surface area contributed by atoms with Crippen LogP contribution >= 0.6 is 0 Å². The van der Waals surface area contributed by atoms with Crippen LogP contribution in [0.3, 0.4) is 0 Å². The molecule has 0 radical (unpaired) electrons. The Balaban J connectivity index is 2.79. The van der Waals surface area contributed by atoms with Gasteiger partial charge in [0.25, 0.3) is 0 Å². The van der Waals surface area contributed by atoms with Crippen molar-refractivity contribution in [3.05, 3.63) is 35.9 Å². The maximum Gasteiger partial charge on any atom is 0.0633 e. The Hall–Kier alpha value is -0.900. The molecule has 1 atom stereocenters. The second-order valence-corrected chi connectivity index (χ2v) is 5.13. The lowest BCUT2D eigenvalue weighted by atomic mass is 9.96. The lowest BCUT2D eigenvalue weighted by Crippen LogP contribution is -2.50. The third-order valence-electron chi connectivity index (χ3n) is 3.27. The molecule has 102 valence electrons. The Morgan fingerprint density at radius 2 is 1.78 bits per heavy atom. The molecule has 0 aromatic heterocycles. The molecule has 0 saturated carbocycles. The van der Waals surface area contributed by atoms with Gasteiger partial charge in [-0.25, -0.2) is 0 Å². The summed E-state index contributed by atoms with van der Waals surface area (Å²) in [7, 11) is 0. The molecule has 1 unspecified atom stereocenters. The van der Waals surface area contributed by atoms with Gasteiger partial charge in [0.2, 0.25) is 0 Å². The van der Waals surface area contributed by atoms with Gasteiger partial charge in [-0.1, -0.05) is 50.1 Å². The van der Waals surface area contributed by atoms with E-state index in [1.165, 1.54) is 5.56 Å². The molecule has 3 heteroatoms. The number of unbranched alkanes of at least 4 members (excludes halogenated alkanes) is 1. The predicted octanol–water partition coefficient (Wildman–Crippen LogP) is 2.25. The van der Waals surface area contributed by atoms with Gasteiger partial charge in [-0.05, 0) is 18.9 Å². The van der Waals surface area contributed by atoms with Gasteiger partial charge in [0, 0.05) is 6.04 Å². The Labute approximate surface area is 110 Å². The summed E-state index contributed by atoms with van der Waals surface area (Å²) in [6.45, 7) is 3.87. The molecule has 3 N–H and O–H groups in total. The van der Waals surface area contributed by atoms with Gasteiger partial charge < -0.3 is 15.5 Å². The zero-order valence-corrected chi connectivity index (χ0v) is 11.4. The van der Waals surface area contributed by atoms with Crippen LogP contribution in [0.25, 0.3) is 0 Å². The average Bonchev–Trinajstić information content (AvgIpc) is 2.44. The molecule has 18 heavy (non-hydrogen) atoms. The van der Waals surface area contributed by atoms with Gasteiger partial charge >= 0.3 is 0 Å². The molecule has 3 nitrogen and oxygen atoms in total. The van der Waals surface area contributed by atoms with Crippen LogP contribution in [0, 0.1) is 0 Å². The topological polar surface area (TPSA) is 52.5 Å². The fourth-order valence-corrected chi connectivity index (χ4v) is 1.98. The first-order chi connectivity index (χ1) is 8.65. The molecular formula is C15H25NO2. The average molecular weight is 251 g/mol. The molecule has 0 amide bonds. The van der Waals surface area contributed by atoms with Crippen LogP contribution in [0.1, 0.15) is 44.7 Å². The highest BCUT2D eigenvalue weighted by molar-refractivity contribution is 5.19. The summed E-state index contributed by atoms with van der Waals surface area (Å²) in [5, 5.41) is 22.1. The Bertz CT molecular complexity index is 323. The van der Waals surface area contributed by atoms with Crippen LogP contribution in [-0.4, -0.2) is 29.0 Å². The molecule has 0 aliphatic rings. The van der Waals surface area contributed by atoms with Crippen molar-refractivity contribution >= 4 is 0 Å². The smallest absolute Gasteiger partial charge is 0.0633 e. The predicted molar refractivity (Wildman–Crippen MR) is 74.4 cm³/mol. The monoisotopic (exact) mass is 251 g/mol. The molecule has 1 aromatic carbocycles. The van der Waals surface area contributed by atoms with E-state index < -0.39 is 5.54 Å². The zero-order valence-electron chi connectivity index (χ0n) is 11.4. The number of nitrogens with one attached hydrogen (secondary N) is 1. The van der Waals surface area contributed by atoms with Crippen molar-refractivity contribution in [3.8, 4) is 0 Å². The van der Waals surface area contributed by atoms with Gasteiger partial charge in [-0.15, -0.1) is 0 Å². The summed E-state index contributed by atoms with van der Waals surface area (Å²) in [6.07, 6.45) is 3.27. The van der Waals surface area contributed by atoms with Gasteiger partial charge in [-0.2, -0.15) is 0 Å². The highest BCUT2D eigenvalue weighted by Crippen LogP contribution is 2.22. The van der Waals surface area contributed by atoms with Crippen molar-refractivity contribution in [1.82, 2.24) is 5.32 Å². The Morgan fingerprint density at radius 3 is 2.28 bits per heavy atom. The molecule has 1 aromatic rings. The van der Waals surface area contributed by atoms with Crippen LogP contribution in [0.2, 0.25) is 0 Å². The molecule has 0 spiro atoms. The van der Waals surface area contributed by atoms with Crippen LogP contribution in [0.4, 0.5) is 0 Å². The number of aliphatic hydroxyl groups excluding tert-OH is 2. The number of benzene rings is 1. The molecule has 0 heterocycles. The van der Waals surface area contributed by atoms with Crippen molar-refractivity contribution in [2.45, 2.75) is 44.7 Å². The van der Waals surface area contributed by atoms with E-state index in [4.69, 9.17) is 0 Å². The third-order valence-corrected chi connectivity index (χ3v) is 3.27. The van der Waals surface area contributed by atoms with Crippen molar-refractivity contribution in [2.75, 3.05) is 13.2 Å². The van der Waals surface area contributed by atoms with Gasteiger partial charge in [0.15, 0.2) is 0 Å². The van der Waals surface area contributed by atoms with E-state index >= 15 is 0 Å². The summed E-state index contributed by atoms with van der Waals surface area (Å²) < 4.78 is 0. The molecule has 0 fully saturated rings. The van der Waals surface area contributed by atoms with E-state index in [9.17, 15) is 10.2 Å². The van der Waals surface area contributed by atoms with E-state index in [1.54, 1.807) is 0 Å². The Morgan fingerprint density at radius 1 is 1.17 bits per heavy atom. The second kappa shape index (κ2) is 7.52. The maximum absolute atomic E-state index is 9.38. The highest BCUT2D eigenvalue weighted by Gasteiger charge is 2.26. The quantitative estimate of drug-likeness (QED) is 0.664. The van der Waals surface area contributed by atoms with Gasteiger partial charge in [0.1, 0.15) is 0 Å². The summed E-state index contributed by atoms with van der Waals surface area (Å²) in [5.74, 6) is 0. The minimum absolute atomic E-state index is 0.0705. The normalized spacial score (nSPS) is 13.6. The summed E-state index contributed by atoms with van der Waals surface area (Å²) in [5.41, 5.74) is 0.577. The number of rotatable bonds is 8. The minimum Gasteiger partial charge on any atom is -0.394 e. The van der Waals surface area contributed by atoms with Crippen molar-refractivity contribution in [1.29, 1.82) is 0 Å². The first-order valence-corrected chi connectivity index (χ1v) is 6.69. The molecule has 0 saturated heterocycles. The van der Waals surface area contributed by atoms with Crippen LogP contribution < -0.4 is 5.32 Å². The van der Waals surface area contributed by atoms with Gasteiger partial charge in [0.05, 0.1) is 18.8 Å². The first-order valence-electron chi connectivity index (χ1n) is 6.69. The number of hydrogen-bond donors (Lipinski definition) is 3. The van der Waals surface area contributed by atoms with Crippen molar-refractivity contribution in [2.24, 2.45) is 0 Å². The molecule has 0 bridgehead atoms. The lowest BCUT2D eigenvalue weighted by Gasteiger charge is -2.32. The fraction of sp³-hybridized carbons (Fsp3) is 0.600. The summed E-state index contributed by atoms with van der Waals surface area (Å²) in [4.78, 5) is 0. The molecule has 0 aliphatic heterocycles. The van der Waals surface area contributed by atoms with Crippen LogP contribution in [-0.2, 0) is 0 Å². The standard InChI is InChI=1S/C15H25NO2/c1-3-4-10-14(13-8-6-5-7-9-13)16-15(2,11-17)12-18/h5-9,14,16-18H,3-4,10-12H2,1-2H3. The molecular weight excluding hydrogens is 226 g/mol. The number of aliphatic hydroxyl groups is 2. The van der Waals surface area contributed by atoms with Crippen LogP contribution in [0.15, 0.2) is 30.3 Å². The van der Waals surface area contributed by atoms with E-state index in [-0.39, 0.29) is 19.3 Å². The molecule has 1 rings (SSSR count). The van der Waals surface area contributed by atoms with Gasteiger partial charge in [-0.3, -0.25) is 0 Å². The van der Waals surface area contributed by atoms with Crippen molar-refractivity contribution < 1.29 is 10.2 Å². The third kappa shape index (κ3) is 4.41. The summed E-state index contributed by atoms with van der Waals surface area (Å²) >= 11 is 0. The van der Waals surface area contributed by atoms with E-state index in [1.807, 2.05) is 25.1 Å².